The van der Waals surface area contributed by atoms with Crippen molar-refractivity contribution in [2.75, 3.05) is 7.11 Å². The number of benzene rings is 1. The molecule has 1 nitrogen and oxygen atoms in total. The van der Waals surface area contributed by atoms with E-state index >= 15 is 0 Å². The van der Waals surface area contributed by atoms with Gasteiger partial charge in [-0.25, -0.2) is 0 Å². The summed E-state index contributed by atoms with van der Waals surface area (Å²) < 4.78 is 4.86. The summed E-state index contributed by atoms with van der Waals surface area (Å²) >= 11 is 5.62. The van der Waals surface area contributed by atoms with E-state index in [1.807, 2.05) is 0 Å². The molecule has 0 saturated heterocycles. The molecule has 0 amide bonds. The van der Waals surface area contributed by atoms with Gasteiger partial charge < -0.3 is 4.74 Å². The third-order valence-electron chi connectivity index (χ3n) is 0.957. The molecule has 0 atom stereocenters. The summed E-state index contributed by atoms with van der Waals surface area (Å²) in [4.78, 5) is 0. The molecule has 0 saturated carbocycles. The SMILES string of the molecule is COc1[c]ccc(Cl)c1.[LiH]. The van der Waals surface area contributed by atoms with E-state index in [-0.39, 0.29) is 18.9 Å². The molecule has 0 aliphatic rings. The maximum absolute atomic E-state index is 5.62. The zero-order valence-corrected chi connectivity index (χ0v) is 5.77. The molecule has 1 aromatic rings. The van der Waals surface area contributed by atoms with Crippen LogP contribution in [0.5, 0.6) is 5.75 Å². The second-order valence-corrected chi connectivity index (χ2v) is 2.01. The molecular formula is C7H7ClLiO. The molecule has 10 heavy (non-hydrogen) atoms. The quantitative estimate of drug-likeness (QED) is 0.550. The molecule has 0 aromatic heterocycles. The van der Waals surface area contributed by atoms with Crippen molar-refractivity contribution in [2.24, 2.45) is 0 Å². The van der Waals surface area contributed by atoms with Crippen molar-refractivity contribution in [1.82, 2.24) is 0 Å². The second kappa shape index (κ2) is 4.68. The van der Waals surface area contributed by atoms with E-state index in [0.29, 0.717) is 10.8 Å². The summed E-state index contributed by atoms with van der Waals surface area (Å²) in [5.74, 6) is 0.669. The van der Waals surface area contributed by atoms with Gasteiger partial charge in [0.05, 0.1) is 7.11 Å². The van der Waals surface area contributed by atoms with Gasteiger partial charge in [0.2, 0.25) is 0 Å². The molecule has 0 spiro atoms. The fraction of sp³-hybridized carbons (Fsp3) is 0.143. The van der Waals surface area contributed by atoms with Crippen LogP contribution in [0.2, 0.25) is 5.02 Å². The standard InChI is InChI=1S/C7H6ClO.Li.H/c1-9-7-4-2-3-6(8)5-7;;/h2-3,5H,1H3;;. The van der Waals surface area contributed by atoms with Crippen LogP contribution < -0.4 is 4.74 Å². The van der Waals surface area contributed by atoms with Crippen LogP contribution in [0.4, 0.5) is 0 Å². The van der Waals surface area contributed by atoms with Crippen molar-refractivity contribution in [3.63, 3.8) is 0 Å². The Kier molecular flexibility index (Phi) is 4.64. The number of rotatable bonds is 1. The zero-order valence-electron chi connectivity index (χ0n) is 5.02. The Hall–Kier alpha value is -0.0926. The Morgan fingerprint density at radius 3 is 2.70 bits per heavy atom. The van der Waals surface area contributed by atoms with E-state index < -0.39 is 0 Å². The van der Waals surface area contributed by atoms with Crippen molar-refractivity contribution in [3.05, 3.63) is 29.3 Å². The van der Waals surface area contributed by atoms with Gasteiger partial charge in [-0.15, -0.1) is 0 Å². The number of ether oxygens (including phenoxy) is 1. The van der Waals surface area contributed by atoms with Crippen molar-refractivity contribution in [1.29, 1.82) is 0 Å². The van der Waals surface area contributed by atoms with Gasteiger partial charge in [0, 0.05) is 11.1 Å². The van der Waals surface area contributed by atoms with Crippen LogP contribution in [0.1, 0.15) is 0 Å². The van der Waals surface area contributed by atoms with Gasteiger partial charge in [0.1, 0.15) is 5.75 Å². The fourth-order valence-corrected chi connectivity index (χ4v) is 0.698. The molecule has 0 fully saturated rings. The summed E-state index contributed by atoms with van der Waals surface area (Å²) in [6, 6.07) is 8.04. The Balaban J connectivity index is 0.000000810. The van der Waals surface area contributed by atoms with Gasteiger partial charge in [-0.3, -0.25) is 0 Å². The Labute approximate surface area is 77.5 Å². The van der Waals surface area contributed by atoms with E-state index in [2.05, 4.69) is 6.07 Å². The summed E-state index contributed by atoms with van der Waals surface area (Å²) in [5, 5.41) is 0.672. The summed E-state index contributed by atoms with van der Waals surface area (Å²) in [7, 11) is 1.59. The normalized spacial score (nSPS) is 8.20. The Morgan fingerprint density at radius 2 is 2.30 bits per heavy atom. The van der Waals surface area contributed by atoms with E-state index in [9.17, 15) is 0 Å². The van der Waals surface area contributed by atoms with Crippen LogP contribution in [0.3, 0.4) is 0 Å². The van der Waals surface area contributed by atoms with E-state index in [1.54, 1.807) is 25.3 Å². The minimum atomic E-state index is 0. The van der Waals surface area contributed by atoms with Crippen LogP contribution >= 0.6 is 11.6 Å². The molecule has 3 heteroatoms. The third-order valence-corrected chi connectivity index (χ3v) is 1.19. The number of hydrogen-bond donors (Lipinski definition) is 0. The molecule has 0 aliphatic carbocycles. The number of halogens is 1. The zero-order chi connectivity index (χ0) is 6.69. The van der Waals surface area contributed by atoms with Crippen LogP contribution in [-0.4, -0.2) is 26.0 Å². The maximum atomic E-state index is 5.62. The summed E-state index contributed by atoms with van der Waals surface area (Å²) in [6.45, 7) is 0. The summed E-state index contributed by atoms with van der Waals surface area (Å²) in [6.07, 6.45) is 0. The van der Waals surface area contributed by atoms with Gasteiger partial charge in [-0.05, 0) is 18.2 Å². The molecule has 0 aliphatic heterocycles. The van der Waals surface area contributed by atoms with Crippen LogP contribution in [0, 0.1) is 6.07 Å². The molecule has 1 rings (SSSR count). The molecule has 0 bridgehead atoms. The van der Waals surface area contributed by atoms with E-state index in [1.165, 1.54) is 0 Å². The molecule has 49 valence electrons. The monoisotopic (exact) mass is 149 g/mol. The van der Waals surface area contributed by atoms with Crippen LogP contribution in [0.15, 0.2) is 18.2 Å². The molecule has 0 N–H and O–H groups in total. The predicted octanol–water partition coefficient (Wildman–Crippen LogP) is 1.50. The van der Waals surface area contributed by atoms with E-state index in [4.69, 9.17) is 16.3 Å². The topological polar surface area (TPSA) is 9.23 Å². The van der Waals surface area contributed by atoms with Crippen LogP contribution in [-0.2, 0) is 0 Å². The number of methoxy groups -OCH3 is 1. The average molecular weight is 150 g/mol. The second-order valence-electron chi connectivity index (χ2n) is 1.58. The number of hydrogen-bond acceptors (Lipinski definition) is 1. The predicted molar refractivity (Wildman–Crippen MR) is 44.0 cm³/mol. The van der Waals surface area contributed by atoms with Crippen molar-refractivity contribution >= 4 is 30.5 Å². The molecule has 0 heterocycles. The van der Waals surface area contributed by atoms with Gasteiger partial charge in [-0.2, -0.15) is 0 Å². The fourth-order valence-electron chi connectivity index (χ4n) is 0.536. The molecule has 1 aromatic carbocycles. The third kappa shape index (κ3) is 2.66. The molecular weight excluding hydrogens is 142 g/mol. The first kappa shape index (κ1) is 9.91. The first-order valence-corrected chi connectivity index (χ1v) is 2.92. The molecule has 0 unspecified atom stereocenters. The van der Waals surface area contributed by atoms with Crippen LogP contribution in [0.25, 0.3) is 0 Å². The Morgan fingerprint density at radius 1 is 1.60 bits per heavy atom. The Bertz CT molecular complexity index is 203. The van der Waals surface area contributed by atoms with Gasteiger partial charge in [0.25, 0.3) is 0 Å². The van der Waals surface area contributed by atoms with Crippen molar-refractivity contribution < 1.29 is 4.74 Å². The van der Waals surface area contributed by atoms with E-state index in [0.717, 1.165) is 0 Å². The van der Waals surface area contributed by atoms with Crippen molar-refractivity contribution in [3.8, 4) is 5.75 Å². The average Bonchev–Trinajstić information content (AvgIpc) is 1.88. The minimum absolute atomic E-state index is 0. The van der Waals surface area contributed by atoms with Gasteiger partial charge >= 0.3 is 18.9 Å². The first-order valence-electron chi connectivity index (χ1n) is 2.54. The molecule has 1 radical (unpaired) electrons. The first-order chi connectivity index (χ1) is 4.33. The van der Waals surface area contributed by atoms with Crippen molar-refractivity contribution in [2.45, 2.75) is 0 Å². The van der Waals surface area contributed by atoms with Gasteiger partial charge in [-0.1, -0.05) is 11.6 Å². The summed E-state index contributed by atoms with van der Waals surface area (Å²) in [5.41, 5.74) is 0. The van der Waals surface area contributed by atoms with Gasteiger partial charge in [0.15, 0.2) is 0 Å².